The molecule has 0 aliphatic heterocycles. The molecule has 31 heavy (non-hydrogen) atoms. The first-order chi connectivity index (χ1) is 15.0. The van der Waals surface area contributed by atoms with Gasteiger partial charge in [0.05, 0.1) is 11.3 Å². The van der Waals surface area contributed by atoms with Gasteiger partial charge in [0.25, 0.3) is 5.56 Å². The molecular formula is C24H26FN5O. The Morgan fingerprint density at radius 2 is 1.87 bits per heavy atom. The second-order valence-corrected chi connectivity index (χ2v) is 8.71. The highest BCUT2D eigenvalue weighted by Gasteiger charge is 2.29. The van der Waals surface area contributed by atoms with Crippen molar-refractivity contribution in [3.8, 4) is 11.1 Å². The van der Waals surface area contributed by atoms with Crippen molar-refractivity contribution in [2.75, 3.05) is 0 Å². The third kappa shape index (κ3) is 3.14. The van der Waals surface area contributed by atoms with Gasteiger partial charge in [-0.15, -0.1) is 10.2 Å². The molecule has 1 fully saturated rings. The highest BCUT2D eigenvalue weighted by molar-refractivity contribution is 5.84. The number of fused-ring (bicyclic) bond motifs is 3. The van der Waals surface area contributed by atoms with E-state index in [-0.39, 0.29) is 17.4 Å². The molecule has 5 rings (SSSR count). The zero-order valence-electron chi connectivity index (χ0n) is 18.0. The number of hydrogen-bond acceptors (Lipinski definition) is 4. The molecule has 0 amide bonds. The van der Waals surface area contributed by atoms with E-state index in [1.165, 1.54) is 18.6 Å². The fraction of sp³-hybridized carbons (Fsp3) is 0.417. The Morgan fingerprint density at radius 3 is 2.61 bits per heavy atom. The highest BCUT2D eigenvalue weighted by Crippen LogP contribution is 2.37. The number of benzene rings is 1. The number of halogens is 1. The van der Waals surface area contributed by atoms with Gasteiger partial charge in [0.2, 0.25) is 0 Å². The summed E-state index contributed by atoms with van der Waals surface area (Å²) in [6.07, 6.45) is 5.91. The minimum atomic E-state index is -0.290. The molecule has 7 heteroatoms. The molecule has 1 aliphatic carbocycles. The number of pyridine rings is 1. The normalized spacial score (nSPS) is 21.7. The number of hydrogen-bond donors (Lipinski definition) is 0. The Labute approximate surface area is 179 Å². The minimum absolute atomic E-state index is 0.116. The van der Waals surface area contributed by atoms with Crippen LogP contribution in [0.2, 0.25) is 0 Å². The second kappa shape index (κ2) is 7.55. The lowest BCUT2D eigenvalue weighted by molar-refractivity contribution is 0.183. The van der Waals surface area contributed by atoms with Gasteiger partial charge in [0.1, 0.15) is 11.3 Å². The van der Waals surface area contributed by atoms with E-state index in [4.69, 9.17) is 5.10 Å². The molecule has 1 aliphatic rings. The molecule has 0 spiro atoms. The summed E-state index contributed by atoms with van der Waals surface area (Å²) in [5, 5.41) is 13.5. The van der Waals surface area contributed by atoms with Gasteiger partial charge in [-0.3, -0.25) is 4.79 Å². The van der Waals surface area contributed by atoms with Crippen LogP contribution in [0, 0.1) is 17.7 Å². The molecule has 4 aromatic rings. The first kappa shape index (κ1) is 19.8. The first-order valence-electron chi connectivity index (χ1n) is 11.0. The zero-order chi connectivity index (χ0) is 21.7. The van der Waals surface area contributed by atoms with Crippen molar-refractivity contribution in [2.45, 2.75) is 52.5 Å². The Balaban J connectivity index is 1.70. The van der Waals surface area contributed by atoms with Gasteiger partial charge in [-0.1, -0.05) is 45.7 Å². The van der Waals surface area contributed by atoms with Crippen molar-refractivity contribution in [1.29, 1.82) is 0 Å². The number of aromatic nitrogens is 5. The van der Waals surface area contributed by atoms with Gasteiger partial charge >= 0.3 is 0 Å². The second-order valence-electron chi connectivity index (χ2n) is 8.71. The Bertz CT molecular complexity index is 1320. The maximum absolute atomic E-state index is 13.4. The highest BCUT2D eigenvalue weighted by atomic mass is 19.1. The lowest BCUT2D eigenvalue weighted by Crippen LogP contribution is -2.34. The van der Waals surface area contributed by atoms with Gasteiger partial charge in [-0.05, 0) is 48.4 Å². The average molecular weight is 420 g/mol. The Hall–Kier alpha value is -3.09. The fourth-order valence-corrected chi connectivity index (χ4v) is 4.97. The van der Waals surface area contributed by atoms with Gasteiger partial charge in [-0.2, -0.15) is 5.10 Å². The Morgan fingerprint density at radius 1 is 1.10 bits per heavy atom. The summed E-state index contributed by atoms with van der Waals surface area (Å²) < 4.78 is 17.0. The third-order valence-electron chi connectivity index (χ3n) is 6.97. The summed E-state index contributed by atoms with van der Waals surface area (Å²) in [5.74, 6) is 0.732. The lowest BCUT2D eigenvalue weighted by atomic mass is 9.78. The molecule has 0 N–H and O–H groups in total. The molecule has 0 radical (unpaired) electrons. The molecular weight excluding hydrogens is 393 g/mol. The number of nitrogens with zero attached hydrogens (tertiary/aromatic N) is 5. The van der Waals surface area contributed by atoms with E-state index in [1.54, 1.807) is 16.6 Å². The summed E-state index contributed by atoms with van der Waals surface area (Å²) >= 11 is 0. The molecule has 160 valence electrons. The summed E-state index contributed by atoms with van der Waals surface area (Å²) in [6, 6.07) is 8.40. The number of aryl methyl sites for hydroxylation is 1. The summed E-state index contributed by atoms with van der Waals surface area (Å²) in [5.41, 5.74) is 3.94. The maximum atomic E-state index is 13.4. The van der Waals surface area contributed by atoms with E-state index in [0.29, 0.717) is 34.9 Å². The smallest absolute Gasteiger partial charge is 0.280 e. The van der Waals surface area contributed by atoms with Crippen LogP contribution >= 0.6 is 0 Å². The molecule has 0 unspecified atom stereocenters. The van der Waals surface area contributed by atoms with E-state index < -0.39 is 0 Å². The largest absolute Gasteiger partial charge is 0.310 e. The molecule has 0 bridgehead atoms. The minimum Gasteiger partial charge on any atom is -0.310 e. The molecule has 3 atom stereocenters. The van der Waals surface area contributed by atoms with Gasteiger partial charge in [-0.25, -0.2) is 8.91 Å². The van der Waals surface area contributed by atoms with Crippen molar-refractivity contribution in [2.24, 2.45) is 11.8 Å². The van der Waals surface area contributed by atoms with Crippen molar-refractivity contribution in [3.05, 3.63) is 58.4 Å². The maximum Gasteiger partial charge on any atom is 0.280 e. The molecule has 3 heterocycles. The van der Waals surface area contributed by atoms with Crippen LogP contribution in [0.5, 0.6) is 0 Å². The van der Waals surface area contributed by atoms with Crippen LogP contribution in [-0.4, -0.2) is 24.4 Å². The van der Waals surface area contributed by atoms with Crippen molar-refractivity contribution in [3.63, 3.8) is 0 Å². The predicted octanol–water partition coefficient (Wildman–Crippen LogP) is 4.80. The van der Waals surface area contributed by atoms with Gasteiger partial charge < -0.3 is 4.57 Å². The number of rotatable bonds is 3. The average Bonchev–Trinajstić information content (AvgIpc) is 3.16. The van der Waals surface area contributed by atoms with Crippen LogP contribution in [0.25, 0.3) is 27.8 Å². The van der Waals surface area contributed by atoms with Crippen LogP contribution in [0.4, 0.5) is 4.39 Å². The van der Waals surface area contributed by atoms with E-state index >= 15 is 0 Å². The van der Waals surface area contributed by atoms with E-state index in [9.17, 15) is 9.18 Å². The van der Waals surface area contributed by atoms with E-state index in [2.05, 4.69) is 24.0 Å². The molecule has 3 aromatic heterocycles. The predicted molar refractivity (Wildman–Crippen MR) is 119 cm³/mol. The van der Waals surface area contributed by atoms with Crippen LogP contribution < -0.4 is 5.56 Å². The van der Waals surface area contributed by atoms with Crippen LogP contribution in [0.15, 0.2) is 41.3 Å². The van der Waals surface area contributed by atoms with Crippen LogP contribution in [0.3, 0.4) is 0 Å². The van der Waals surface area contributed by atoms with Crippen molar-refractivity contribution >= 4 is 16.7 Å². The monoisotopic (exact) mass is 419 g/mol. The third-order valence-corrected chi connectivity index (χ3v) is 6.97. The fourth-order valence-electron chi connectivity index (χ4n) is 4.97. The standard InChI is InChI=1S/C24H26FN5O/c1-4-18-21(16-8-10-17(25)11-9-16)23-27-26-22-20(30(23)28-18)12-13-29(24(22)31)19-7-5-6-14(2)15(19)3/h8-15,19H,4-7H2,1-3H3/t14-,15+,19+/m0/s1. The molecule has 1 aromatic carbocycles. The topological polar surface area (TPSA) is 65.1 Å². The molecule has 1 saturated carbocycles. The molecule has 0 saturated heterocycles. The van der Waals surface area contributed by atoms with Crippen molar-refractivity contribution in [1.82, 2.24) is 24.4 Å². The van der Waals surface area contributed by atoms with Gasteiger partial charge in [0, 0.05) is 12.2 Å². The molecule has 6 nitrogen and oxygen atoms in total. The van der Waals surface area contributed by atoms with Crippen LogP contribution in [-0.2, 0) is 6.42 Å². The summed E-state index contributed by atoms with van der Waals surface area (Å²) in [6.45, 7) is 6.51. The Kier molecular flexibility index (Phi) is 4.84. The lowest BCUT2D eigenvalue weighted by Gasteiger charge is -2.35. The first-order valence-corrected chi connectivity index (χ1v) is 11.0. The van der Waals surface area contributed by atoms with E-state index in [1.807, 2.05) is 23.8 Å². The van der Waals surface area contributed by atoms with Crippen molar-refractivity contribution < 1.29 is 4.39 Å². The summed E-state index contributed by atoms with van der Waals surface area (Å²) in [7, 11) is 0. The zero-order valence-corrected chi connectivity index (χ0v) is 18.0. The SMILES string of the molecule is CCc1nn2c(nnc3c(=O)n([C@@H]4CCC[C@H](C)[C@H]4C)ccc32)c1-c1ccc(F)cc1. The summed E-state index contributed by atoms with van der Waals surface area (Å²) in [4.78, 5) is 13.4. The van der Waals surface area contributed by atoms with E-state index in [0.717, 1.165) is 29.7 Å². The van der Waals surface area contributed by atoms with Crippen LogP contribution in [0.1, 0.15) is 51.8 Å². The van der Waals surface area contributed by atoms with Gasteiger partial charge in [0.15, 0.2) is 11.2 Å². The quantitative estimate of drug-likeness (QED) is 0.478.